The molecule has 1 amide bonds. The molecule has 8 heteroatoms. The second kappa shape index (κ2) is 8.61. The van der Waals surface area contributed by atoms with E-state index in [-0.39, 0.29) is 6.42 Å². The average Bonchev–Trinajstić information content (AvgIpc) is 3.01. The number of aromatic nitrogens is 3. The zero-order valence-corrected chi connectivity index (χ0v) is 17.6. The number of esters is 1. The second-order valence-corrected chi connectivity index (χ2v) is 7.39. The first-order valence-corrected chi connectivity index (χ1v) is 9.70. The van der Waals surface area contributed by atoms with Crippen LogP contribution >= 0.6 is 11.6 Å². The highest BCUT2D eigenvalue weighted by molar-refractivity contribution is 6.30. The number of anilines is 1. The van der Waals surface area contributed by atoms with E-state index in [1.54, 1.807) is 28.8 Å². The van der Waals surface area contributed by atoms with Crippen molar-refractivity contribution < 1.29 is 14.3 Å². The summed E-state index contributed by atoms with van der Waals surface area (Å²) in [5.74, 6) is -0.864. The van der Waals surface area contributed by atoms with E-state index in [0.717, 1.165) is 28.3 Å². The van der Waals surface area contributed by atoms with Crippen LogP contribution in [0.25, 0.3) is 5.65 Å². The molecule has 2 heterocycles. The van der Waals surface area contributed by atoms with Crippen LogP contribution in [-0.4, -0.2) is 32.6 Å². The Morgan fingerprint density at radius 3 is 2.72 bits per heavy atom. The minimum atomic E-state index is -0.918. The maximum atomic E-state index is 12.3. The Labute approximate surface area is 174 Å². The van der Waals surface area contributed by atoms with E-state index in [1.807, 2.05) is 26.8 Å². The number of benzene rings is 1. The Kier molecular flexibility index (Phi) is 6.17. The molecule has 0 saturated carbocycles. The number of ether oxygens (including phenoxy) is 1. The molecule has 1 N–H and O–H groups in total. The third-order valence-electron chi connectivity index (χ3n) is 4.63. The van der Waals surface area contributed by atoms with E-state index < -0.39 is 18.0 Å². The van der Waals surface area contributed by atoms with Crippen molar-refractivity contribution in [2.45, 2.75) is 46.6 Å². The summed E-state index contributed by atoms with van der Waals surface area (Å²) >= 11 is 5.91. The van der Waals surface area contributed by atoms with Gasteiger partial charge in [0.15, 0.2) is 11.8 Å². The molecule has 0 saturated heterocycles. The molecule has 0 aliphatic heterocycles. The number of halogens is 1. The van der Waals surface area contributed by atoms with Crippen molar-refractivity contribution in [3.63, 3.8) is 0 Å². The number of rotatable bonds is 6. The van der Waals surface area contributed by atoms with Crippen molar-refractivity contribution >= 4 is 34.8 Å². The predicted molar refractivity (Wildman–Crippen MR) is 111 cm³/mol. The largest absolute Gasteiger partial charge is 0.453 e. The van der Waals surface area contributed by atoms with E-state index in [1.165, 1.54) is 6.92 Å². The highest BCUT2D eigenvalue weighted by Crippen LogP contribution is 2.18. The smallest absolute Gasteiger partial charge is 0.306 e. The van der Waals surface area contributed by atoms with Crippen LogP contribution < -0.4 is 5.32 Å². The molecule has 2 aromatic heterocycles. The Bertz CT molecular complexity index is 1080. The molecule has 152 valence electrons. The molecule has 1 atom stereocenters. The van der Waals surface area contributed by atoms with Crippen LogP contribution in [0, 0.1) is 20.8 Å². The molecule has 1 aromatic carbocycles. The summed E-state index contributed by atoms with van der Waals surface area (Å²) in [4.78, 5) is 29.1. The quantitative estimate of drug-likeness (QED) is 0.620. The summed E-state index contributed by atoms with van der Waals surface area (Å²) in [6.45, 7) is 7.32. The molecular weight excluding hydrogens is 392 g/mol. The Hall–Kier alpha value is -2.93. The van der Waals surface area contributed by atoms with E-state index in [9.17, 15) is 9.59 Å². The number of hydrogen-bond acceptors (Lipinski definition) is 5. The number of aryl methyl sites for hydroxylation is 3. The van der Waals surface area contributed by atoms with Crippen LogP contribution in [0.2, 0.25) is 5.02 Å². The van der Waals surface area contributed by atoms with Crippen molar-refractivity contribution in [1.29, 1.82) is 0 Å². The van der Waals surface area contributed by atoms with Gasteiger partial charge in [0.1, 0.15) is 0 Å². The molecular formula is C21H23ClN4O3. The van der Waals surface area contributed by atoms with Gasteiger partial charge in [-0.2, -0.15) is 5.10 Å². The number of nitrogens with zero attached hydrogens (tertiary/aromatic N) is 3. The van der Waals surface area contributed by atoms with Crippen LogP contribution in [0.3, 0.4) is 0 Å². The Morgan fingerprint density at radius 1 is 1.24 bits per heavy atom. The van der Waals surface area contributed by atoms with Crippen LogP contribution in [0.4, 0.5) is 5.69 Å². The van der Waals surface area contributed by atoms with Gasteiger partial charge in [0.2, 0.25) is 0 Å². The topological polar surface area (TPSA) is 85.6 Å². The zero-order valence-electron chi connectivity index (χ0n) is 16.8. The maximum absolute atomic E-state index is 12.3. The maximum Gasteiger partial charge on any atom is 0.306 e. The summed E-state index contributed by atoms with van der Waals surface area (Å²) in [5, 5.41) is 7.63. The van der Waals surface area contributed by atoms with E-state index in [4.69, 9.17) is 16.3 Å². The second-order valence-electron chi connectivity index (χ2n) is 6.95. The first-order valence-electron chi connectivity index (χ1n) is 9.33. The standard InChI is InChI=1S/C21H23ClN4O3/c1-12-10-19-23-13(2)18(14(3)26(19)25-12)8-9-20(27)29-15(4)21(28)24-17-7-5-6-16(22)11-17/h5-7,10-11,15H,8-9H2,1-4H3,(H,24,28)/t15-/m0/s1. The van der Waals surface area contributed by atoms with E-state index >= 15 is 0 Å². The average molecular weight is 415 g/mol. The van der Waals surface area contributed by atoms with Crippen LogP contribution in [0.1, 0.15) is 36.0 Å². The molecule has 0 fully saturated rings. The molecule has 3 aromatic rings. The summed E-state index contributed by atoms with van der Waals surface area (Å²) in [5.41, 5.74) is 4.97. The summed E-state index contributed by atoms with van der Waals surface area (Å²) < 4.78 is 7.06. The van der Waals surface area contributed by atoms with Gasteiger partial charge in [-0.1, -0.05) is 17.7 Å². The summed E-state index contributed by atoms with van der Waals surface area (Å²) in [7, 11) is 0. The fourth-order valence-corrected chi connectivity index (χ4v) is 3.34. The number of nitrogens with one attached hydrogen (secondary N) is 1. The van der Waals surface area contributed by atoms with Gasteiger partial charge in [-0.05, 0) is 57.9 Å². The lowest BCUT2D eigenvalue weighted by Gasteiger charge is -2.14. The fourth-order valence-electron chi connectivity index (χ4n) is 3.15. The summed E-state index contributed by atoms with van der Waals surface area (Å²) in [6, 6.07) is 8.69. The molecule has 3 rings (SSSR count). The molecule has 0 unspecified atom stereocenters. The van der Waals surface area contributed by atoms with Crippen molar-refractivity contribution in [3.05, 3.63) is 58.0 Å². The van der Waals surface area contributed by atoms with Crippen molar-refractivity contribution in [1.82, 2.24) is 14.6 Å². The third-order valence-corrected chi connectivity index (χ3v) is 4.87. The van der Waals surface area contributed by atoms with Crippen LogP contribution in [-0.2, 0) is 20.7 Å². The summed E-state index contributed by atoms with van der Waals surface area (Å²) in [6.07, 6.45) is -0.316. The van der Waals surface area contributed by atoms with Gasteiger partial charge in [0.25, 0.3) is 5.91 Å². The molecule has 0 aliphatic rings. The van der Waals surface area contributed by atoms with Gasteiger partial charge in [-0.15, -0.1) is 0 Å². The number of carbonyl (C=O) groups excluding carboxylic acids is 2. The SMILES string of the molecule is Cc1cc2nc(C)c(CCC(=O)O[C@@H](C)C(=O)Nc3cccc(Cl)c3)c(C)n2n1. The Morgan fingerprint density at radius 2 is 2.00 bits per heavy atom. The monoisotopic (exact) mass is 414 g/mol. The third kappa shape index (κ3) is 4.92. The van der Waals surface area contributed by atoms with Crippen LogP contribution in [0.15, 0.2) is 30.3 Å². The molecule has 7 nitrogen and oxygen atoms in total. The number of fused-ring (bicyclic) bond motifs is 1. The fraction of sp³-hybridized carbons (Fsp3) is 0.333. The normalized spacial score (nSPS) is 12.0. The number of carbonyl (C=O) groups is 2. The minimum Gasteiger partial charge on any atom is -0.453 e. The van der Waals surface area contributed by atoms with Crippen molar-refractivity contribution in [2.75, 3.05) is 5.32 Å². The molecule has 0 aliphatic carbocycles. The molecule has 0 radical (unpaired) electrons. The van der Waals surface area contributed by atoms with Gasteiger partial charge in [0, 0.05) is 34.6 Å². The van der Waals surface area contributed by atoms with Gasteiger partial charge >= 0.3 is 5.97 Å². The minimum absolute atomic E-state index is 0.143. The van der Waals surface area contributed by atoms with Crippen molar-refractivity contribution in [3.8, 4) is 0 Å². The van der Waals surface area contributed by atoms with E-state index in [2.05, 4.69) is 15.4 Å². The predicted octanol–water partition coefficient (Wildman–Crippen LogP) is 3.81. The lowest BCUT2D eigenvalue weighted by Crippen LogP contribution is -2.30. The van der Waals surface area contributed by atoms with E-state index in [0.29, 0.717) is 17.1 Å². The zero-order chi connectivity index (χ0) is 21.1. The number of amides is 1. The van der Waals surface area contributed by atoms with Crippen molar-refractivity contribution in [2.24, 2.45) is 0 Å². The van der Waals surface area contributed by atoms with Gasteiger partial charge in [-0.25, -0.2) is 9.50 Å². The highest BCUT2D eigenvalue weighted by Gasteiger charge is 2.19. The lowest BCUT2D eigenvalue weighted by molar-refractivity contribution is -0.153. The first kappa shape index (κ1) is 20.8. The van der Waals surface area contributed by atoms with Crippen LogP contribution in [0.5, 0.6) is 0 Å². The Balaban J connectivity index is 1.59. The first-order chi connectivity index (χ1) is 13.7. The highest BCUT2D eigenvalue weighted by atomic mass is 35.5. The molecule has 29 heavy (non-hydrogen) atoms. The number of hydrogen-bond donors (Lipinski definition) is 1. The molecule has 0 spiro atoms. The lowest BCUT2D eigenvalue weighted by atomic mass is 10.1. The molecule has 0 bridgehead atoms. The van der Waals surface area contributed by atoms with Gasteiger partial charge in [-0.3, -0.25) is 9.59 Å². The van der Waals surface area contributed by atoms with Gasteiger partial charge < -0.3 is 10.1 Å². The van der Waals surface area contributed by atoms with Gasteiger partial charge in [0.05, 0.1) is 5.69 Å².